The van der Waals surface area contributed by atoms with Gasteiger partial charge >= 0.3 is 0 Å². The summed E-state index contributed by atoms with van der Waals surface area (Å²) in [7, 11) is 1.92. The summed E-state index contributed by atoms with van der Waals surface area (Å²) in [6.45, 7) is 1.94. The quantitative estimate of drug-likeness (QED) is 0.912. The second-order valence-electron chi connectivity index (χ2n) is 4.46. The molecule has 1 aromatic heterocycles. The first-order chi connectivity index (χ1) is 9.11. The molecule has 96 valence electrons. The molecule has 0 fully saturated rings. The number of rotatable bonds is 3. The highest BCUT2D eigenvalue weighted by Gasteiger charge is 2.08. The predicted octanol–water partition coefficient (Wildman–Crippen LogP) is 2.74. The van der Waals surface area contributed by atoms with Crippen LogP contribution in [-0.4, -0.2) is 12.0 Å². The summed E-state index contributed by atoms with van der Waals surface area (Å²) in [6, 6.07) is 13.4. The molecule has 2 rings (SSSR count). The van der Waals surface area contributed by atoms with Crippen molar-refractivity contribution in [2.75, 3.05) is 11.9 Å². The number of anilines is 2. The monoisotopic (exact) mass is 252 g/mol. The molecule has 1 aromatic carbocycles. The van der Waals surface area contributed by atoms with Crippen molar-refractivity contribution in [3.8, 4) is 6.07 Å². The van der Waals surface area contributed by atoms with Gasteiger partial charge in [0.15, 0.2) is 0 Å². The average Bonchev–Trinajstić information content (AvgIpc) is 2.46. The molecule has 0 saturated heterocycles. The Morgan fingerprint density at radius 3 is 2.79 bits per heavy atom. The summed E-state index contributed by atoms with van der Waals surface area (Å²) >= 11 is 0. The van der Waals surface area contributed by atoms with Crippen molar-refractivity contribution in [3.05, 3.63) is 53.7 Å². The molecule has 0 unspecified atom stereocenters. The van der Waals surface area contributed by atoms with Crippen LogP contribution in [0.3, 0.4) is 0 Å². The smallest absolute Gasteiger partial charge is 0.132 e. The Hall–Kier alpha value is -2.38. The Kier molecular flexibility index (Phi) is 3.79. The van der Waals surface area contributed by atoms with Crippen molar-refractivity contribution in [1.82, 2.24) is 4.98 Å². The highest BCUT2D eigenvalue weighted by atomic mass is 15.2. The van der Waals surface area contributed by atoms with Crippen molar-refractivity contribution in [1.29, 1.82) is 5.26 Å². The van der Waals surface area contributed by atoms with Crippen molar-refractivity contribution < 1.29 is 0 Å². The first-order valence-electron chi connectivity index (χ1n) is 6.07. The lowest BCUT2D eigenvalue weighted by Gasteiger charge is -2.19. The Morgan fingerprint density at radius 2 is 2.11 bits per heavy atom. The Bertz CT molecular complexity index is 614. The molecule has 2 aromatic rings. The zero-order valence-electron chi connectivity index (χ0n) is 11.0. The third-order valence-electron chi connectivity index (χ3n) is 3.00. The van der Waals surface area contributed by atoms with E-state index in [0.29, 0.717) is 5.56 Å². The van der Waals surface area contributed by atoms with Crippen LogP contribution >= 0.6 is 0 Å². The van der Waals surface area contributed by atoms with Gasteiger partial charge in [0.1, 0.15) is 5.82 Å². The first-order valence-corrected chi connectivity index (χ1v) is 6.07. The van der Waals surface area contributed by atoms with Crippen LogP contribution in [-0.2, 0) is 0 Å². The van der Waals surface area contributed by atoms with E-state index < -0.39 is 0 Å². The van der Waals surface area contributed by atoms with Crippen LogP contribution in [0.4, 0.5) is 11.5 Å². The standard InChI is InChI=1S/C15H16N4/c1-11(17)13-6-7-18-15(9-13)19(2)14-5-3-4-12(8-14)10-16/h3-9,11H,17H2,1-2H3/t11-/m0/s1. The molecular formula is C15H16N4. The highest BCUT2D eigenvalue weighted by molar-refractivity contribution is 5.61. The highest BCUT2D eigenvalue weighted by Crippen LogP contribution is 2.24. The lowest BCUT2D eigenvalue weighted by molar-refractivity contribution is 0.814. The van der Waals surface area contributed by atoms with Crippen LogP contribution in [0.25, 0.3) is 0 Å². The molecule has 0 aliphatic carbocycles. The van der Waals surface area contributed by atoms with E-state index in [1.807, 2.05) is 49.2 Å². The molecule has 0 bridgehead atoms. The summed E-state index contributed by atoms with van der Waals surface area (Å²) in [5.41, 5.74) is 8.47. The SMILES string of the molecule is C[C@H](N)c1ccnc(N(C)c2cccc(C#N)c2)c1. The zero-order chi connectivity index (χ0) is 13.8. The zero-order valence-corrected chi connectivity index (χ0v) is 11.0. The van der Waals surface area contributed by atoms with Gasteiger partial charge in [-0.25, -0.2) is 4.98 Å². The number of hydrogen-bond acceptors (Lipinski definition) is 4. The number of nitrogens with zero attached hydrogens (tertiary/aromatic N) is 3. The molecule has 0 aliphatic rings. The van der Waals surface area contributed by atoms with E-state index in [4.69, 9.17) is 11.0 Å². The summed E-state index contributed by atoms with van der Waals surface area (Å²) in [5, 5.41) is 8.93. The van der Waals surface area contributed by atoms with Gasteiger partial charge in [-0.1, -0.05) is 6.07 Å². The minimum Gasteiger partial charge on any atom is -0.329 e. The molecule has 0 saturated carbocycles. The van der Waals surface area contributed by atoms with Crippen LogP contribution in [0.15, 0.2) is 42.6 Å². The lowest BCUT2D eigenvalue weighted by atomic mass is 10.1. The lowest BCUT2D eigenvalue weighted by Crippen LogP contribution is -2.13. The van der Waals surface area contributed by atoms with Gasteiger partial charge in [-0.05, 0) is 42.8 Å². The van der Waals surface area contributed by atoms with Gasteiger partial charge in [0.05, 0.1) is 11.6 Å². The van der Waals surface area contributed by atoms with Gasteiger partial charge in [0, 0.05) is 25.0 Å². The maximum Gasteiger partial charge on any atom is 0.132 e. The van der Waals surface area contributed by atoms with E-state index in [9.17, 15) is 0 Å². The van der Waals surface area contributed by atoms with Gasteiger partial charge in [-0.3, -0.25) is 0 Å². The fourth-order valence-electron chi connectivity index (χ4n) is 1.82. The summed E-state index contributed by atoms with van der Waals surface area (Å²) in [6.07, 6.45) is 1.75. The molecular weight excluding hydrogens is 236 g/mol. The number of nitriles is 1. The van der Waals surface area contributed by atoms with Crippen molar-refractivity contribution >= 4 is 11.5 Å². The number of pyridine rings is 1. The molecule has 1 atom stereocenters. The summed E-state index contributed by atoms with van der Waals surface area (Å²) < 4.78 is 0. The molecule has 0 aliphatic heterocycles. The number of hydrogen-bond donors (Lipinski definition) is 1. The minimum absolute atomic E-state index is 0.0272. The fourth-order valence-corrected chi connectivity index (χ4v) is 1.82. The minimum atomic E-state index is -0.0272. The van der Waals surface area contributed by atoms with E-state index in [-0.39, 0.29) is 6.04 Å². The normalized spacial score (nSPS) is 11.7. The molecule has 19 heavy (non-hydrogen) atoms. The van der Waals surface area contributed by atoms with E-state index in [1.54, 1.807) is 12.3 Å². The van der Waals surface area contributed by atoms with Crippen LogP contribution in [0.1, 0.15) is 24.1 Å². The van der Waals surface area contributed by atoms with E-state index in [0.717, 1.165) is 17.1 Å². The molecule has 0 spiro atoms. The van der Waals surface area contributed by atoms with Crippen molar-refractivity contribution in [3.63, 3.8) is 0 Å². The molecule has 0 radical (unpaired) electrons. The van der Waals surface area contributed by atoms with Gasteiger partial charge < -0.3 is 10.6 Å². The van der Waals surface area contributed by atoms with Gasteiger partial charge in [-0.15, -0.1) is 0 Å². The third kappa shape index (κ3) is 2.90. The molecule has 2 N–H and O–H groups in total. The Morgan fingerprint density at radius 1 is 1.32 bits per heavy atom. The number of aromatic nitrogens is 1. The van der Waals surface area contributed by atoms with Gasteiger partial charge in [-0.2, -0.15) is 5.26 Å². The van der Waals surface area contributed by atoms with Crippen LogP contribution in [0.5, 0.6) is 0 Å². The van der Waals surface area contributed by atoms with Crippen LogP contribution < -0.4 is 10.6 Å². The largest absolute Gasteiger partial charge is 0.329 e. The van der Waals surface area contributed by atoms with Crippen LogP contribution in [0, 0.1) is 11.3 Å². The van der Waals surface area contributed by atoms with Gasteiger partial charge in [0.2, 0.25) is 0 Å². The maximum absolute atomic E-state index is 8.93. The average molecular weight is 252 g/mol. The maximum atomic E-state index is 8.93. The Labute approximate surface area is 113 Å². The first kappa shape index (κ1) is 13.1. The van der Waals surface area contributed by atoms with Gasteiger partial charge in [0.25, 0.3) is 0 Å². The van der Waals surface area contributed by atoms with E-state index in [1.165, 1.54) is 0 Å². The second kappa shape index (κ2) is 5.51. The molecule has 4 heteroatoms. The molecule has 0 amide bonds. The van der Waals surface area contributed by atoms with Crippen molar-refractivity contribution in [2.24, 2.45) is 5.73 Å². The summed E-state index contributed by atoms with van der Waals surface area (Å²) in [4.78, 5) is 6.28. The predicted molar refractivity (Wildman–Crippen MR) is 76.1 cm³/mol. The Balaban J connectivity index is 2.35. The fraction of sp³-hybridized carbons (Fsp3) is 0.200. The molecule has 1 heterocycles. The third-order valence-corrected chi connectivity index (χ3v) is 3.00. The van der Waals surface area contributed by atoms with E-state index >= 15 is 0 Å². The number of nitrogens with two attached hydrogens (primary N) is 1. The summed E-state index contributed by atoms with van der Waals surface area (Å²) in [5.74, 6) is 0.810. The topological polar surface area (TPSA) is 65.9 Å². The van der Waals surface area contributed by atoms with Crippen molar-refractivity contribution in [2.45, 2.75) is 13.0 Å². The van der Waals surface area contributed by atoms with E-state index in [2.05, 4.69) is 11.1 Å². The molecule has 4 nitrogen and oxygen atoms in total. The van der Waals surface area contributed by atoms with Crippen LogP contribution in [0.2, 0.25) is 0 Å². The number of benzene rings is 1. The second-order valence-corrected chi connectivity index (χ2v) is 4.46.